The molecule has 1 atom stereocenters. The first kappa shape index (κ1) is 19.9. The van der Waals surface area contributed by atoms with E-state index in [0.29, 0.717) is 5.69 Å². The maximum atomic E-state index is 13.1. The van der Waals surface area contributed by atoms with Crippen LogP contribution in [0.2, 0.25) is 0 Å². The molecule has 3 rings (SSSR count). The fourth-order valence-electron chi connectivity index (χ4n) is 3.15. The van der Waals surface area contributed by atoms with E-state index in [9.17, 15) is 19.5 Å². The average molecular weight is 395 g/mol. The number of amides is 1. The van der Waals surface area contributed by atoms with Crippen LogP contribution in [0, 0.1) is 0 Å². The minimum absolute atomic E-state index is 0.0689. The topological polar surface area (TPSA) is 119 Å². The molecule has 0 aromatic heterocycles. The van der Waals surface area contributed by atoms with Crippen molar-refractivity contribution in [3.63, 3.8) is 0 Å². The largest absolute Gasteiger partial charge is 0.872 e. The van der Waals surface area contributed by atoms with Crippen LogP contribution in [0.5, 0.6) is 5.75 Å². The molecule has 2 aromatic carbocycles. The molecule has 150 valence electrons. The third kappa shape index (κ3) is 3.64. The Labute approximate surface area is 167 Å². The van der Waals surface area contributed by atoms with E-state index in [1.165, 1.54) is 17.0 Å². The Kier molecular flexibility index (Phi) is 5.27. The number of carboxylic acids is 1. The van der Waals surface area contributed by atoms with Gasteiger partial charge in [0.15, 0.2) is 5.54 Å². The summed E-state index contributed by atoms with van der Waals surface area (Å²) in [6.45, 7) is 3.38. The predicted octanol–water partition coefficient (Wildman–Crippen LogP) is 2.12. The van der Waals surface area contributed by atoms with Crippen LogP contribution in [0.15, 0.2) is 60.3 Å². The molecule has 2 N–H and O–H groups in total. The number of nitrogens with one attached hydrogen (secondary N) is 1. The summed E-state index contributed by atoms with van der Waals surface area (Å²) >= 11 is 0. The fraction of sp³-hybridized carbons (Fsp3) is 0.190. The normalized spacial score (nSPS) is 18.3. The molecule has 0 radical (unpaired) electrons. The molecule has 0 aliphatic carbocycles. The van der Waals surface area contributed by atoms with Gasteiger partial charge in [-0.3, -0.25) is 9.69 Å². The molecule has 0 spiro atoms. The number of carboxylic acid groups (broad SMARTS) is 1. The Morgan fingerprint density at radius 2 is 1.90 bits per heavy atom. The van der Waals surface area contributed by atoms with Gasteiger partial charge in [0.2, 0.25) is 0 Å². The number of benzene rings is 2. The smallest absolute Gasteiger partial charge is 0.336 e. The molecule has 1 aliphatic heterocycles. The van der Waals surface area contributed by atoms with Crippen LogP contribution in [0.3, 0.4) is 0 Å². The Balaban J connectivity index is 2.01. The van der Waals surface area contributed by atoms with Crippen LogP contribution in [-0.2, 0) is 14.3 Å². The molecule has 8 nitrogen and oxygen atoms in total. The molecule has 1 amide bonds. The summed E-state index contributed by atoms with van der Waals surface area (Å²) in [7, 11) is 0. The number of esters is 1. The summed E-state index contributed by atoms with van der Waals surface area (Å²) in [6, 6.07) is 12.3. The standard InChI is InChI=1S/C21H20N2O6/c1-3-29-20(28)21(2)12-16(18(25)23(21)14-7-5-4-6-8-14)22-13-9-10-17(24)15(11-13)19(26)27/h4-12,22,24H,3H2,1-2H3,(H,26,27)/p-1/t21-/m1/s1. The second-order valence-electron chi connectivity index (χ2n) is 6.54. The van der Waals surface area contributed by atoms with Gasteiger partial charge in [-0.25, -0.2) is 9.59 Å². The Bertz CT molecular complexity index is 1000. The van der Waals surface area contributed by atoms with E-state index >= 15 is 0 Å². The summed E-state index contributed by atoms with van der Waals surface area (Å²) in [5, 5.41) is 23.6. The van der Waals surface area contributed by atoms with Crippen molar-refractivity contribution in [2.75, 3.05) is 16.8 Å². The van der Waals surface area contributed by atoms with E-state index in [4.69, 9.17) is 9.84 Å². The number of rotatable bonds is 6. The highest BCUT2D eigenvalue weighted by Crippen LogP contribution is 2.35. The van der Waals surface area contributed by atoms with Crippen molar-refractivity contribution in [2.45, 2.75) is 19.4 Å². The van der Waals surface area contributed by atoms with Crippen molar-refractivity contribution >= 4 is 29.2 Å². The van der Waals surface area contributed by atoms with Crippen LogP contribution in [0.4, 0.5) is 11.4 Å². The summed E-state index contributed by atoms with van der Waals surface area (Å²) in [6.07, 6.45) is 1.44. The van der Waals surface area contributed by atoms with Crippen LogP contribution < -0.4 is 15.3 Å². The van der Waals surface area contributed by atoms with Crippen molar-refractivity contribution in [1.29, 1.82) is 0 Å². The van der Waals surface area contributed by atoms with E-state index in [1.807, 2.05) is 0 Å². The molecule has 0 saturated heterocycles. The molecule has 29 heavy (non-hydrogen) atoms. The maximum Gasteiger partial charge on any atom is 0.336 e. The number of hydrogen-bond acceptors (Lipinski definition) is 6. The van der Waals surface area contributed by atoms with E-state index in [1.54, 1.807) is 44.2 Å². The molecular formula is C21H19N2O6-. The number of hydrogen-bond donors (Lipinski definition) is 2. The van der Waals surface area contributed by atoms with Crippen LogP contribution in [0.25, 0.3) is 0 Å². The Hall–Kier alpha value is -3.81. The lowest BCUT2D eigenvalue weighted by Gasteiger charge is -2.32. The number of carbonyl (C=O) groups excluding carboxylic acids is 2. The highest BCUT2D eigenvalue weighted by Gasteiger charge is 2.49. The van der Waals surface area contributed by atoms with Crippen molar-refractivity contribution in [2.24, 2.45) is 0 Å². The third-order valence-corrected chi connectivity index (χ3v) is 4.52. The molecular weight excluding hydrogens is 376 g/mol. The van der Waals surface area contributed by atoms with Gasteiger partial charge in [0, 0.05) is 11.4 Å². The second-order valence-corrected chi connectivity index (χ2v) is 6.54. The first-order chi connectivity index (χ1) is 13.8. The third-order valence-electron chi connectivity index (χ3n) is 4.52. The zero-order chi connectivity index (χ0) is 21.2. The summed E-state index contributed by atoms with van der Waals surface area (Å²) in [4.78, 5) is 38.3. The lowest BCUT2D eigenvalue weighted by atomic mass is 10.0. The molecule has 0 unspecified atom stereocenters. The molecule has 2 aromatic rings. The lowest BCUT2D eigenvalue weighted by molar-refractivity contribution is -0.268. The highest BCUT2D eigenvalue weighted by atomic mass is 16.5. The average Bonchev–Trinajstić information content (AvgIpc) is 2.95. The van der Waals surface area contributed by atoms with Gasteiger partial charge in [0.25, 0.3) is 5.91 Å². The number of nitrogens with zero attached hydrogens (tertiary/aromatic N) is 1. The molecule has 0 saturated carbocycles. The highest BCUT2D eigenvalue weighted by molar-refractivity contribution is 6.16. The second kappa shape index (κ2) is 7.67. The van der Waals surface area contributed by atoms with E-state index in [0.717, 1.165) is 12.1 Å². The molecule has 8 heteroatoms. The van der Waals surface area contributed by atoms with Crippen LogP contribution >= 0.6 is 0 Å². The molecule has 1 heterocycles. The molecule has 1 aliphatic rings. The predicted molar refractivity (Wildman–Crippen MR) is 104 cm³/mol. The zero-order valence-corrected chi connectivity index (χ0v) is 15.8. The first-order valence-electron chi connectivity index (χ1n) is 8.89. The molecule has 0 bridgehead atoms. The number of carbonyl (C=O) groups is 3. The summed E-state index contributed by atoms with van der Waals surface area (Å²) in [5.74, 6) is -3.10. The SMILES string of the molecule is CCOC(=O)[C@@]1(C)C=C(Nc2ccc([O-])c(C(=O)O)c2)C(=O)N1c1ccccc1. The van der Waals surface area contributed by atoms with Crippen molar-refractivity contribution < 1.29 is 29.3 Å². The van der Waals surface area contributed by atoms with Gasteiger partial charge < -0.3 is 20.3 Å². The van der Waals surface area contributed by atoms with Gasteiger partial charge in [-0.15, -0.1) is 0 Å². The quantitative estimate of drug-likeness (QED) is 0.719. The number of anilines is 2. The van der Waals surface area contributed by atoms with Crippen molar-refractivity contribution in [1.82, 2.24) is 0 Å². The minimum Gasteiger partial charge on any atom is -0.872 e. The maximum absolute atomic E-state index is 13.1. The summed E-state index contributed by atoms with van der Waals surface area (Å²) in [5.41, 5.74) is -1.01. The molecule has 0 fully saturated rings. The van der Waals surface area contributed by atoms with Crippen molar-refractivity contribution in [3.8, 4) is 5.75 Å². The number of ether oxygens (including phenoxy) is 1. The Morgan fingerprint density at radius 3 is 2.52 bits per heavy atom. The van der Waals surface area contributed by atoms with Crippen LogP contribution in [-0.4, -0.2) is 35.1 Å². The van der Waals surface area contributed by atoms with Crippen molar-refractivity contribution in [3.05, 3.63) is 65.9 Å². The Morgan fingerprint density at radius 1 is 1.21 bits per heavy atom. The minimum atomic E-state index is -1.40. The number of para-hydroxylation sites is 1. The van der Waals surface area contributed by atoms with Gasteiger partial charge >= 0.3 is 11.9 Å². The van der Waals surface area contributed by atoms with E-state index in [-0.39, 0.29) is 18.0 Å². The van der Waals surface area contributed by atoms with Gasteiger partial charge in [-0.1, -0.05) is 30.0 Å². The van der Waals surface area contributed by atoms with Gasteiger partial charge in [-0.05, 0) is 44.2 Å². The van der Waals surface area contributed by atoms with Gasteiger partial charge in [0.1, 0.15) is 5.70 Å². The fourth-order valence-corrected chi connectivity index (χ4v) is 3.15. The van der Waals surface area contributed by atoms with E-state index in [2.05, 4.69) is 5.32 Å². The zero-order valence-electron chi connectivity index (χ0n) is 15.8. The van der Waals surface area contributed by atoms with Gasteiger partial charge in [-0.2, -0.15) is 0 Å². The van der Waals surface area contributed by atoms with Crippen LogP contribution in [0.1, 0.15) is 24.2 Å². The first-order valence-corrected chi connectivity index (χ1v) is 8.89. The summed E-state index contributed by atoms with van der Waals surface area (Å²) < 4.78 is 5.17. The van der Waals surface area contributed by atoms with E-state index < -0.39 is 34.7 Å². The number of aromatic carboxylic acids is 1. The lowest BCUT2D eigenvalue weighted by Crippen LogP contribution is -2.51. The monoisotopic (exact) mass is 395 g/mol. The van der Waals surface area contributed by atoms with Gasteiger partial charge in [0.05, 0.1) is 12.2 Å².